The Labute approximate surface area is 175 Å². The number of hydrogen-bond donors (Lipinski definition) is 12. The second-order valence-corrected chi connectivity index (χ2v) is 7.80. The molecule has 31 heavy (non-hydrogen) atoms. The fraction of sp³-hybridized carbons (Fsp3) is 0.857. The van der Waals surface area contributed by atoms with Crippen molar-refractivity contribution in [3.63, 3.8) is 0 Å². The van der Waals surface area contributed by atoms with Gasteiger partial charge in [0.2, 0.25) is 5.91 Å². The van der Waals surface area contributed by atoms with Crippen molar-refractivity contribution in [3.8, 4) is 0 Å². The van der Waals surface area contributed by atoms with Gasteiger partial charge in [-0.15, -0.1) is 0 Å². The Bertz CT molecular complexity index is 601. The SMILES string of the molecule is CC(=O)N[C@@H](C=O)[C@@H](O)[C@H](O)[C@H](O)CO.O=P(O)(O)O[C@H]1[C@H](O)[C@H](O)[C@H](O)[C@@H](O)[C@@H]1O. The summed E-state index contributed by atoms with van der Waals surface area (Å²) in [6.45, 7) is 0.377. The average molecular weight is 481 g/mol. The molecule has 0 aromatic heterocycles. The minimum atomic E-state index is -5.01. The number of phosphoric acid groups is 1. The van der Waals surface area contributed by atoms with Crippen molar-refractivity contribution in [2.45, 2.75) is 67.9 Å². The Morgan fingerprint density at radius 2 is 1.39 bits per heavy atom. The second kappa shape index (κ2) is 12.8. The van der Waals surface area contributed by atoms with Gasteiger partial charge < -0.3 is 65.9 Å². The lowest BCUT2D eigenvalue weighted by Gasteiger charge is -2.41. The molecule has 0 bridgehead atoms. The molecule has 10 atom stereocenters. The molecule has 184 valence electrons. The van der Waals surface area contributed by atoms with Crippen LogP contribution in [0.1, 0.15) is 6.92 Å². The predicted octanol–water partition coefficient (Wildman–Crippen LogP) is -6.95. The maximum atomic E-state index is 10.6. The van der Waals surface area contributed by atoms with E-state index in [4.69, 9.17) is 25.1 Å². The third-order valence-electron chi connectivity index (χ3n) is 4.15. The topological polar surface area (TPSA) is 295 Å². The van der Waals surface area contributed by atoms with E-state index in [0.29, 0.717) is 0 Å². The number of nitrogens with one attached hydrogen (secondary N) is 1. The van der Waals surface area contributed by atoms with E-state index in [0.717, 1.165) is 6.92 Å². The third-order valence-corrected chi connectivity index (χ3v) is 4.67. The number of hydrogen-bond acceptors (Lipinski definition) is 13. The van der Waals surface area contributed by atoms with Gasteiger partial charge in [-0.05, 0) is 0 Å². The van der Waals surface area contributed by atoms with Crippen LogP contribution >= 0.6 is 7.82 Å². The first-order chi connectivity index (χ1) is 14.1. The average Bonchev–Trinajstić information content (AvgIpc) is 2.70. The number of carbonyl (C=O) groups is 2. The Hall–Kier alpha value is -1.11. The van der Waals surface area contributed by atoms with Gasteiger partial charge in [-0.25, -0.2) is 4.57 Å². The largest absolute Gasteiger partial charge is 0.470 e. The number of aliphatic hydroxyl groups excluding tert-OH is 9. The first-order valence-electron chi connectivity index (χ1n) is 8.60. The van der Waals surface area contributed by atoms with E-state index in [1.54, 1.807) is 0 Å². The normalized spacial score (nSPS) is 32.6. The van der Waals surface area contributed by atoms with Crippen LogP contribution < -0.4 is 5.32 Å². The summed E-state index contributed by atoms with van der Waals surface area (Å²) in [5.74, 6) is -0.558. The summed E-state index contributed by atoms with van der Waals surface area (Å²) in [5, 5.41) is 84.3. The molecular formula is C14H28NO15P. The van der Waals surface area contributed by atoms with Crippen LogP contribution in [0.25, 0.3) is 0 Å². The zero-order valence-electron chi connectivity index (χ0n) is 16.1. The van der Waals surface area contributed by atoms with Crippen LogP contribution in [0, 0.1) is 0 Å². The maximum Gasteiger partial charge on any atom is 0.470 e. The van der Waals surface area contributed by atoms with Crippen LogP contribution in [-0.2, 0) is 18.7 Å². The van der Waals surface area contributed by atoms with E-state index in [1.807, 2.05) is 0 Å². The summed E-state index contributed by atoms with van der Waals surface area (Å²) in [6, 6.07) is -1.32. The van der Waals surface area contributed by atoms with Crippen molar-refractivity contribution in [2.75, 3.05) is 6.61 Å². The van der Waals surface area contributed by atoms with E-state index in [2.05, 4.69) is 9.84 Å². The maximum absolute atomic E-state index is 10.6. The lowest BCUT2D eigenvalue weighted by atomic mass is 9.85. The molecule has 1 saturated carbocycles. The Morgan fingerprint density at radius 1 is 0.968 bits per heavy atom. The highest BCUT2D eigenvalue weighted by molar-refractivity contribution is 7.46. The zero-order chi connectivity index (χ0) is 24.7. The van der Waals surface area contributed by atoms with Crippen molar-refractivity contribution in [1.29, 1.82) is 0 Å². The minimum Gasteiger partial charge on any atom is -0.394 e. The number of aliphatic hydroxyl groups is 9. The summed E-state index contributed by atoms with van der Waals surface area (Å²) < 4.78 is 14.5. The van der Waals surface area contributed by atoms with Crippen LogP contribution in [0.5, 0.6) is 0 Å². The Morgan fingerprint density at radius 3 is 1.71 bits per heavy atom. The Kier molecular flexibility index (Phi) is 12.3. The van der Waals surface area contributed by atoms with E-state index < -0.39 is 81.3 Å². The second-order valence-electron chi connectivity index (χ2n) is 6.61. The molecule has 12 N–H and O–H groups in total. The highest BCUT2D eigenvalue weighted by atomic mass is 31.2. The highest BCUT2D eigenvalue weighted by Crippen LogP contribution is 2.41. The number of aldehydes is 1. The molecule has 1 fully saturated rings. The molecule has 1 aliphatic carbocycles. The van der Waals surface area contributed by atoms with Crippen molar-refractivity contribution in [1.82, 2.24) is 5.32 Å². The van der Waals surface area contributed by atoms with Crippen molar-refractivity contribution in [3.05, 3.63) is 0 Å². The van der Waals surface area contributed by atoms with Gasteiger partial charge in [-0.3, -0.25) is 9.32 Å². The molecule has 0 saturated heterocycles. The van der Waals surface area contributed by atoms with Crippen LogP contribution in [0.2, 0.25) is 0 Å². The zero-order valence-corrected chi connectivity index (χ0v) is 17.0. The van der Waals surface area contributed by atoms with Crippen molar-refractivity contribution in [2.24, 2.45) is 0 Å². The molecular weight excluding hydrogens is 453 g/mol. The molecule has 0 aliphatic heterocycles. The van der Waals surface area contributed by atoms with Gasteiger partial charge in [0.15, 0.2) is 0 Å². The Balaban J connectivity index is 0.000000582. The number of carbonyl (C=O) groups excluding carboxylic acids is 2. The molecule has 0 radical (unpaired) electrons. The predicted molar refractivity (Wildman–Crippen MR) is 95.7 cm³/mol. The van der Waals surface area contributed by atoms with Gasteiger partial charge in [0.05, 0.1) is 6.61 Å². The third kappa shape index (κ3) is 9.11. The summed E-state index contributed by atoms with van der Waals surface area (Å²) in [5.41, 5.74) is 0. The molecule has 0 aromatic rings. The highest BCUT2D eigenvalue weighted by Gasteiger charge is 2.50. The monoisotopic (exact) mass is 481 g/mol. The van der Waals surface area contributed by atoms with Crippen molar-refractivity contribution >= 4 is 20.0 Å². The number of phosphoric ester groups is 1. The van der Waals surface area contributed by atoms with Gasteiger partial charge in [0, 0.05) is 6.92 Å². The molecule has 0 spiro atoms. The van der Waals surface area contributed by atoms with Gasteiger partial charge in [0.1, 0.15) is 67.3 Å². The molecule has 0 heterocycles. The lowest BCUT2D eigenvalue weighted by molar-refractivity contribution is -0.219. The molecule has 0 unspecified atom stereocenters. The van der Waals surface area contributed by atoms with Crippen LogP contribution in [-0.4, -0.2) is 136 Å². The molecule has 0 aromatic carbocycles. The minimum absolute atomic E-state index is 0.235. The first kappa shape index (κ1) is 29.9. The van der Waals surface area contributed by atoms with Gasteiger partial charge in [-0.1, -0.05) is 0 Å². The van der Waals surface area contributed by atoms with E-state index in [-0.39, 0.29) is 6.29 Å². The summed E-state index contributed by atoms with van der Waals surface area (Å²) in [6.07, 6.45) is -16.1. The summed E-state index contributed by atoms with van der Waals surface area (Å²) >= 11 is 0. The van der Waals surface area contributed by atoms with Gasteiger partial charge >= 0.3 is 7.82 Å². The van der Waals surface area contributed by atoms with Gasteiger partial charge in [-0.2, -0.15) is 0 Å². The van der Waals surface area contributed by atoms with Crippen LogP contribution in [0.3, 0.4) is 0 Å². The first-order valence-corrected chi connectivity index (χ1v) is 10.1. The molecule has 17 heteroatoms. The molecule has 1 aliphatic rings. The smallest absolute Gasteiger partial charge is 0.394 e. The summed E-state index contributed by atoms with van der Waals surface area (Å²) in [7, 11) is -5.01. The quantitative estimate of drug-likeness (QED) is 0.113. The van der Waals surface area contributed by atoms with E-state index in [9.17, 15) is 44.8 Å². The number of rotatable bonds is 8. The van der Waals surface area contributed by atoms with Gasteiger partial charge in [0.25, 0.3) is 0 Å². The molecule has 1 rings (SSSR count). The molecule has 1 amide bonds. The summed E-state index contributed by atoms with van der Waals surface area (Å²) in [4.78, 5) is 38.0. The van der Waals surface area contributed by atoms with Crippen LogP contribution in [0.15, 0.2) is 0 Å². The fourth-order valence-corrected chi connectivity index (χ4v) is 3.03. The lowest BCUT2D eigenvalue weighted by Crippen LogP contribution is -2.64. The fourth-order valence-electron chi connectivity index (χ4n) is 2.46. The number of amides is 1. The standard InChI is InChI=1S/C8H15NO6.C6H13O9P/c1-4(12)9-5(2-10)7(14)8(15)6(13)3-11;7-1-2(8)4(10)6(5(11)3(1)9)15-16(12,13)14/h2,5-8,11,13-15H,3H2,1H3,(H,9,12);1-11H,(H2,12,13,14)/t5-,6+,7+,8+;1-,2-,3-,4+,5-,6-/m01/s1. The van der Waals surface area contributed by atoms with Crippen molar-refractivity contribution < 1.29 is 74.4 Å². The van der Waals surface area contributed by atoms with E-state index >= 15 is 0 Å². The molecule has 16 nitrogen and oxygen atoms in total. The van der Waals surface area contributed by atoms with E-state index in [1.165, 1.54) is 0 Å². The van der Waals surface area contributed by atoms with Crippen LogP contribution in [0.4, 0.5) is 0 Å².